The molecule has 58 heavy (non-hydrogen) atoms. The van der Waals surface area contributed by atoms with Gasteiger partial charge in [0.1, 0.15) is 35.2 Å². The normalized spacial score (nSPS) is 16.8. The Balaban J connectivity index is 1.32. The standard InChI is InChI=1S/C43H45N7O8/c1-27(51)49(31-16-22-34(56-6)23-17-31)42-45-38-39(46-41(47-40(38)53)44-26-48(2)3)50(42)37-24-35(52)36(58-37)25-57-43(28-10-8-7-9-11-28,29-12-18-32(54-4)19-13-29)30-14-20-33(55-5)21-15-30/h7-23,26,35-37,52H,24-25H2,1-6H3,(H,46,47,53)/b44-26+/t35-,36+,37+/m0/s1. The van der Waals surface area contributed by atoms with E-state index in [1.54, 1.807) is 69.2 Å². The van der Waals surface area contributed by atoms with Crippen molar-refractivity contribution >= 4 is 41.0 Å². The fraction of sp³-hybridized carbons (Fsp3) is 0.279. The minimum absolute atomic E-state index is 0.0165. The van der Waals surface area contributed by atoms with E-state index < -0.39 is 35.5 Å². The van der Waals surface area contributed by atoms with Crippen molar-refractivity contribution in [1.82, 2.24) is 24.4 Å². The van der Waals surface area contributed by atoms with Crippen LogP contribution in [0.1, 0.15) is 36.3 Å². The van der Waals surface area contributed by atoms with Crippen molar-refractivity contribution in [3.05, 3.63) is 130 Å². The summed E-state index contributed by atoms with van der Waals surface area (Å²) < 4.78 is 31.6. The molecule has 1 amide bonds. The lowest BCUT2D eigenvalue weighted by molar-refractivity contribution is -0.116. The van der Waals surface area contributed by atoms with Crippen LogP contribution in [0.2, 0.25) is 0 Å². The maximum atomic E-state index is 13.6. The van der Waals surface area contributed by atoms with Gasteiger partial charge >= 0.3 is 0 Å². The van der Waals surface area contributed by atoms with Crippen molar-refractivity contribution in [2.24, 2.45) is 4.99 Å². The molecule has 7 rings (SSSR count). The van der Waals surface area contributed by atoms with Gasteiger partial charge in [-0.3, -0.25) is 24.0 Å². The summed E-state index contributed by atoms with van der Waals surface area (Å²) in [5, 5.41) is 11.8. The van der Waals surface area contributed by atoms with Crippen molar-refractivity contribution in [3.8, 4) is 17.2 Å². The molecule has 1 saturated heterocycles. The number of imidazole rings is 1. The van der Waals surface area contributed by atoms with Crippen LogP contribution >= 0.6 is 0 Å². The molecule has 6 aromatic rings. The Morgan fingerprint density at radius 1 is 0.879 bits per heavy atom. The highest BCUT2D eigenvalue weighted by Gasteiger charge is 2.43. The first-order valence-corrected chi connectivity index (χ1v) is 18.6. The smallest absolute Gasteiger partial charge is 0.280 e. The van der Waals surface area contributed by atoms with Crippen LogP contribution in [0.25, 0.3) is 11.2 Å². The molecule has 2 N–H and O–H groups in total. The molecule has 0 aliphatic carbocycles. The zero-order valence-electron chi connectivity index (χ0n) is 33.0. The minimum atomic E-state index is -1.18. The van der Waals surface area contributed by atoms with Gasteiger partial charge in [-0.15, -0.1) is 0 Å². The Hall–Kier alpha value is -6.55. The number of aromatic nitrogens is 4. The summed E-state index contributed by atoms with van der Waals surface area (Å²) >= 11 is 0. The first-order valence-electron chi connectivity index (χ1n) is 18.6. The van der Waals surface area contributed by atoms with Gasteiger partial charge in [-0.2, -0.15) is 4.98 Å². The topological polar surface area (TPSA) is 166 Å². The summed E-state index contributed by atoms with van der Waals surface area (Å²) in [6, 6.07) is 31.9. The lowest BCUT2D eigenvalue weighted by atomic mass is 9.80. The predicted molar refractivity (Wildman–Crippen MR) is 219 cm³/mol. The highest BCUT2D eigenvalue weighted by molar-refractivity contribution is 5.99. The summed E-state index contributed by atoms with van der Waals surface area (Å²) in [5.74, 6) is 1.63. The predicted octanol–water partition coefficient (Wildman–Crippen LogP) is 5.71. The van der Waals surface area contributed by atoms with E-state index in [1.807, 2.05) is 78.9 Å². The van der Waals surface area contributed by atoms with Crippen molar-refractivity contribution in [3.63, 3.8) is 0 Å². The van der Waals surface area contributed by atoms with Crippen LogP contribution in [-0.4, -0.2) is 96.0 Å². The number of carbonyl (C=O) groups excluding carboxylic acids is 1. The van der Waals surface area contributed by atoms with Gasteiger partial charge in [0.05, 0.1) is 46.1 Å². The molecule has 300 valence electrons. The Kier molecular flexibility index (Phi) is 11.6. The van der Waals surface area contributed by atoms with Crippen LogP contribution in [0, 0.1) is 0 Å². The number of fused-ring (bicyclic) bond motifs is 1. The number of amides is 1. The van der Waals surface area contributed by atoms with E-state index in [-0.39, 0.29) is 36.1 Å². The number of ether oxygens (including phenoxy) is 5. The molecular formula is C43H45N7O8. The first kappa shape index (κ1) is 39.7. The molecule has 1 fully saturated rings. The number of aliphatic hydroxyl groups excluding tert-OH is 1. The number of methoxy groups -OCH3 is 3. The number of aromatic amines is 1. The maximum absolute atomic E-state index is 13.6. The first-order chi connectivity index (χ1) is 28.1. The van der Waals surface area contributed by atoms with Crippen LogP contribution < -0.4 is 24.7 Å². The molecule has 4 aromatic carbocycles. The molecule has 3 heterocycles. The van der Waals surface area contributed by atoms with E-state index in [0.717, 1.165) is 16.7 Å². The van der Waals surface area contributed by atoms with Crippen molar-refractivity contribution in [2.75, 3.05) is 46.9 Å². The number of nitrogens with zero attached hydrogens (tertiary/aromatic N) is 6. The molecule has 3 atom stereocenters. The van der Waals surface area contributed by atoms with E-state index >= 15 is 0 Å². The lowest BCUT2D eigenvalue weighted by Crippen LogP contribution is -2.38. The average molecular weight is 788 g/mol. The van der Waals surface area contributed by atoms with E-state index in [4.69, 9.17) is 23.7 Å². The fourth-order valence-electron chi connectivity index (χ4n) is 7.09. The van der Waals surface area contributed by atoms with E-state index in [1.165, 1.54) is 18.2 Å². The average Bonchev–Trinajstić information content (AvgIpc) is 3.80. The number of hydrogen-bond donors (Lipinski definition) is 2. The zero-order valence-corrected chi connectivity index (χ0v) is 33.0. The molecule has 0 saturated carbocycles. The number of anilines is 2. The summed E-state index contributed by atoms with van der Waals surface area (Å²) in [6.45, 7) is 1.31. The number of H-pyrrole nitrogens is 1. The Bertz CT molecular complexity index is 2390. The molecule has 0 bridgehead atoms. The fourth-order valence-corrected chi connectivity index (χ4v) is 7.09. The van der Waals surface area contributed by atoms with Crippen LogP contribution in [0.3, 0.4) is 0 Å². The Morgan fingerprint density at radius 3 is 1.97 bits per heavy atom. The molecule has 2 aromatic heterocycles. The quantitative estimate of drug-likeness (QED) is 0.0790. The van der Waals surface area contributed by atoms with Gasteiger partial charge < -0.3 is 33.7 Å². The molecule has 1 aliphatic rings. The van der Waals surface area contributed by atoms with Crippen LogP contribution in [0.5, 0.6) is 17.2 Å². The summed E-state index contributed by atoms with van der Waals surface area (Å²) in [6.07, 6.45) is -1.32. The lowest BCUT2D eigenvalue weighted by Gasteiger charge is -2.37. The highest BCUT2D eigenvalue weighted by Crippen LogP contribution is 2.44. The Labute approximate surface area is 335 Å². The van der Waals surface area contributed by atoms with Gasteiger partial charge in [0.15, 0.2) is 11.2 Å². The summed E-state index contributed by atoms with van der Waals surface area (Å²) in [7, 11) is 8.34. The Morgan fingerprint density at radius 2 is 1.43 bits per heavy atom. The van der Waals surface area contributed by atoms with Crippen molar-refractivity contribution in [2.45, 2.75) is 37.4 Å². The second-order valence-corrected chi connectivity index (χ2v) is 13.9. The molecule has 0 unspecified atom stereocenters. The third-order valence-electron chi connectivity index (χ3n) is 9.91. The number of aliphatic hydroxyl groups is 1. The molecule has 1 aliphatic heterocycles. The third-order valence-corrected chi connectivity index (χ3v) is 9.91. The zero-order chi connectivity index (χ0) is 41.0. The van der Waals surface area contributed by atoms with E-state index in [9.17, 15) is 14.7 Å². The second kappa shape index (κ2) is 16.9. The van der Waals surface area contributed by atoms with Crippen LogP contribution in [0.4, 0.5) is 17.6 Å². The van der Waals surface area contributed by atoms with Gasteiger partial charge in [0.2, 0.25) is 17.8 Å². The van der Waals surface area contributed by atoms with Gasteiger partial charge in [-0.25, -0.2) is 9.98 Å². The van der Waals surface area contributed by atoms with Gasteiger partial charge in [0, 0.05) is 27.4 Å². The summed E-state index contributed by atoms with van der Waals surface area (Å²) in [5.41, 5.74) is 1.23. The van der Waals surface area contributed by atoms with Crippen LogP contribution in [0.15, 0.2) is 113 Å². The molecule has 0 spiro atoms. The van der Waals surface area contributed by atoms with Crippen molar-refractivity contribution in [1.29, 1.82) is 0 Å². The number of hydrogen-bond acceptors (Lipinski definition) is 11. The monoisotopic (exact) mass is 787 g/mol. The number of nitrogens with one attached hydrogen (secondary N) is 1. The second-order valence-electron chi connectivity index (χ2n) is 13.9. The maximum Gasteiger partial charge on any atom is 0.280 e. The SMILES string of the molecule is COc1ccc(N(C(C)=O)c2nc3c(=O)[nH]c(/N=C/N(C)C)nc3n2[C@H]2C[C@H](O)[C@@H](COC(c3ccccc3)(c3ccc(OC)cc3)c3ccc(OC)cc3)O2)cc1. The number of benzene rings is 4. The summed E-state index contributed by atoms with van der Waals surface area (Å²) in [4.78, 5) is 46.4. The molecule has 15 heteroatoms. The molecule has 15 nitrogen and oxygen atoms in total. The van der Waals surface area contributed by atoms with Gasteiger partial charge in [-0.05, 0) is 65.2 Å². The minimum Gasteiger partial charge on any atom is -0.497 e. The molecule has 0 radical (unpaired) electrons. The van der Waals surface area contributed by atoms with Gasteiger partial charge in [0.25, 0.3) is 5.56 Å². The van der Waals surface area contributed by atoms with Crippen molar-refractivity contribution < 1.29 is 33.6 Å². The highest BCUT2D eigenvalue weighted by atomic mass is 16.6. The third kappa shape index (κ3) is 7.74. The van der Waals surface area contributed by atoms with Gasteiger partial charge in [-0.1, -0.05) is 54.6 Å². The number of rotatable bonds is 14. The molecular weight excluding hydrogens is 743 g/mol. The van der Waals surface area contributed by atoms with Crippen LogP contribution in [-0.2, 0) is 19.9 Å². The number of carbonyl (C=O) groups is 1. The van der Waals surface area contributed by atoms with E-state index in [0.29, 0.717) is 22.9 Å². The largest absolute Gasteiger partial charge is 0.497 e. The number of aliphatic imine (C=N–C) groups is 1. The van der Waals surface area contributed by atoms with E-state index in [2.05, 4.69) is 19.9 Å².